The van der Waals surface area contributed by atoms with Gasteiger partial charge < -0.3 is 30.8 Å². The summed E-state index contributed by atoms with van der Waals surface area (Å²) in [5, 5.41) is 24.7. The summed E-state index contributed by atoms with van der Waals surface area (Å²) in [5.74, 6) is -6.10. The van der Waals surface area contributed by atoms with Crippen LogP contribution in [0.15, 0.2) is 21.9 Å². The molecule has 0 saturated carbocycles. The standard InChI is InChI=1S/C14H10N2O10S2.4Na/c15-3-1-5(27(21,22)23)11(17)9-7(3)13(19)10-8(14(9)20)4(16)2-6(12(10)18)28(24,25)26;;;;/h1-2,17-18H,15-16H2,(H,21,22,23)(H,24,25,26);;;;/q;4*+1/p-4. The van der Waals surface area contributed by atoms with E-state index in [0.29, 0.717) is 12.1 Å². The van der Waals surface area contributed by atoms with Gasteiger partial charge in [0, 0.05) is 32.3 Å². The zero-order chi connectivity index (χ0) is 21.3. The number of hydrogen-bond acceptors (Lipinski definition) is 12. The molecule has 148 valence electrons. The van der Waals surface area contributed by atoms with E-state index in [-0.39, 0.29) is 118 Å². The first-order valence-electron chi connectivity index (χ1n) is 6.96. The third-order valence-corrected chi connectivity index (χ3v) is 5.68. The molecule has 0 radical (unpaired) electrons. The minimum Gasteiger partial charge on any atom is -0.871 e. The van der Waals surface area contributed by atoms with Gasteiger partial charge in [-0.05, 0) is 12.1 Å². The molecule has 0 saturated heterocycles. The summed E-state index contributed by atoms with van der Waals surface area (Å²) >= 11 is 0. The monoisotopic (exact) mass is 518 g/mol. The fourth-order valence-electron chi connectivity index (χ4n) is 2.86. The van der Waals surface area contributed by atoms with Crippen molar-refractivity contribution in [3.05, 3.63) is 34.4 Å². The molecular formula is C14H6N2Na4O10S2. The normalized spacial score (nSPS) is 12.2. The van der Waals surface area contributed by atoms with Crippen LogP contribution in [-0.2, 0) is 20.2 Å². The van der Waals surface area contributed by atoms with Crippen LogP contribution in [0.5, 0.6) is 11.5 Å². The number of nitrogen functional groups attached to an aromatic ring is 2. The molecule has 3 rings (SSSR count). The van der Waals surface area contributed by atoms with Crippen molar-refractivity contribution in [1.82, 2.24) is 0 Å². The Morgan fingerprint density at radius 1 is 0.594 bits per heavy atom. The predicted molar refractivity (Wildman–Crippen MR) is 83.4 cm³/mol. The largest absolute Gasteiger partial charge is 1.00 e. The molecule has 1 aliphatic rings. The summed E-state index contributed by atoms with van der Waals surface area (Å²) in [6.07, 6.45) is 0. The summed E-state index contributed by atoms with van der Waals surface area (Å²) < 4.78 is 67.3. The minimum atomic E-state index is -5.37. The summed E-state index contributed by atoms with van der Waals surface area (Å²) in [5.41, 5.74) is 5.43. The van der Waals surface area contributed by atoms with Gasteiger partial charge >= 0.3 is 118 Å². The second kappa shape index (κ2) is 11.7. The van der Waals surface area contributed by atoms with E-state index in [1.165, 1.54) is 0 Å². The quantitative estimate of drug-likeness (QED) is 0.182. The van der Waals surface area contributed by atoms with Gasteiger partial charge in [-0.2, -0.15) is 0 Å². The first kappa shape index (κ1) is 35.0. The number of carbonyl (C=O) groups excluding carboxylic acids is 2. The van der Waals surface area contributed by atoms with Gasteiger partial charge in [-0.25, -0.2) is 16.8 Å². The van der Waals surface area contributed by atoms with Crippen LogP contribution in [0.3, 0.4) is 0 Å². The van der Waals surface area contributed by atoms with E-state index in [1.54, 1.807) is 0 Å². The Kier molecular flexibility index (Phi) is 12.8. The smallest absolute Gasteiger partial charge is 0.871 e. The Balaban J connectivity index is 0. The predicted octanol–water partition coefficient (Wildman–Crippen LogP) is -14.4. The second-order valence-corrected chi connectivity index (χ2v) is 8.35. The Hall–Kier alpha value is 0.800. The molecule has 32 heavy (non-hydrogen) atoms. The van der Waals surface area contributed by atoms with E-state index in [9.17, 15) is 45.7 Å². The van der Waals surface area contributed by atoms with Crippen molar-refractivity contribution >= 4 is 43.2 Å². The molecule has 0 spiro atoms. The Bertz CT molecular complexity index is 1240. The summed E-state index contributed by atoms with van der Waals surface area (Å²) in [6.45, 7) is 0. The van der Waals surface area contributed by atoms with Gasteiger partial charge in [0.25, 0.3) is 0 Å². The molecule has 12 nitrogen and oxygen atoms in total. The van der Waals surface area contributed by atoms with Crippen molar-refractivity contribution < 1.29 is 164 Å². The number of rotatable bonds is 2. The fourth-order valence-corrected chi connectivity index (χ4v) is 4.06. The van der Waals surface area contributed by atoms with E-state index in [2.05, 4.69) is 0 Å². The molecule has 4 N–H and O–H groups in total. The van der Waals surface area contributed by atoms with Crippen molar-refractivity contribution in [3.63, 3.8) is 0 Å². The van der Waals surface area contributed by atoms with Crippen molar-refractivity contribution in [2.75, 3.05) is 11.5 Å². The van der Waals surface area contributed by atoms with E-state index in [1.807, 2.05) is 0 Å². The first-order chi connectivity index (χ1) is 12.7. The van der Waals surface area contributed by atoms with Gasteiger partial charge in [-0.3, -0.25) is 9.59 Å². The van der Waals surface area contributed by atoms with Gasteiger partial charge in [-0.1, -0.05) is 11.5 Å². The van der Waals surface area contributed by atoms with Gasteiger partial charge in [0.2, 0.25) is 0 Å². The number of nitrogens with two attached hydrogens (primary N) is 2. The molecule has 0 heterocycles. The minimum absolute atomic E-state index is 0. The SMILES string of the molecule is Nc1cc(S(=O)(=O)[O-])c([O-])c2c1C(=O)c1c([O-])c(S(=O)(=O)[O-])cc(N)c1C2=O.[Na+].[Na+].[Na+].[Na+]. The van der Waals surface area contributed by atoms with Gasteiger partial charge in [-0.15, -0.1) is 0 Å². The van der Waals surface area contributed by atoms with Crippen molar-refractivity contribution in [1.29, 1.82) is 0 Å². The maximum Gasteiger partial charge on any atom is 1.00 e. The molecule has 0 aromatic heterocycles. The third-order valence-electron chi connectivity index (χ3n) is 4.00. The van der Waals surface area contributed by atoms with Crippen LogP contribution in [0.1, 0.15) is 31.8 Å². The molecular weight excluding hydrogens is 512 g/mol. The number of carbonyl (C=O) groups is 2. The first-order valence-corrected chi connectivity index (χ1v) is 9.77. The summed E-state index contributed by atoms with van der Waals surface area (Å²) in [4.78, 5) is 22.6. The number of anilines is 2. The van der Waals surface area contributed by atoms with E-state index in [4.69, 9.17) is 11.5 Å². The summed E-state index contributed by atoms with van der Waals surface area (Å²) in [7, 11) is -10.7. The molecule has 0 unspecified atom stereocenters. The van der Waals surface area contributed by atoms with E-state index >= 15 is 0 Å². The van der Waals surface area contributed by atoms with Gasteiger partial charge in [0.1, 0.15) is 20.2 Å². The molecule has 2 aromatic carbocycles. The Morgan fingerprint density at radius 3 is 1.06 bits per heavy atom. The van der Waals surface area contributed by atoms with Crippen molar-refractivity contribution in [2.45, 2.75) is 9.79 Å². The molecule has 18 heteroatoms. The number of hydrogen-bond donors (Lipinski definition) is 2. The van der Waals surface area contributed by atoms with Gasteiger partial charge in [0.05, 0.1) is 11.1 Å². The van der Waals surface area contributed by atoms with Crippen LogP contribution in [0.2, 0.25) is 0 Å². The maximum absolute atomic E-state index is 12.7. The molecule has 0 amide bonds. The molecule has 0 bridgehead atoms. The second-order valence-electron chi connectivity index (χ2n) is 5.65. The number of benzene rings is 2. The average Bonchev–Trinajstić information content (AvgIpc) is 2.53. The van der Waals surface area contributed by atoms with Crippen LogP contribution in [-0.4, -0.2) is 37.5 Å². The zero-order valence-corrected chi connectivity index (χ0v) is 26.8. The summed E-state index contributed by atoms with van der Waals surface area (Å²) in [6, 6.07) is 0.698. The average molecular weight is 518 g/mol. The molecule has 1 aliphatic carbocycles. The molecule has 0 aliphatic heterocycles. The van der Waals surface area contributed by atoms with Crippen LogP contribution in [0.25, 0.3) is 0 Å². The van der Waals surface area contributed by atoms with E-state index in [0.717, 1.165) is 0 Å². The topological polar surface area (TPSA) is 247 Å². The number of ketones is 2. The van der Waals surface area contributed by atoms with Gasteiger partial charge in [0.15, 0.2) is 11.6 Å². The van der Waals surface area contributed by atoms with Crippen LogP contribution in [0, 0.1) is 0 Å². The van der Waals surface area contributed by atoms with Crippen LogP contribution in [0.4, 0.5) is 11.4 Å². The zero-order valence-electron chi connectivity index (χ0n) is 17.2. The molecule has 0 fully saturated rings. The molecule has 0 atom stereocenters. The third kappa shape index (κ3) is 5.78. The fraction of sp³-hybridized carbons (Fsp3) is 0. The Morgan fingerprint density at radius 2 is 0.844 bits per heavy atom. The molecule has 2 aromatic rings. The maximum atomic E-state index is 12.7. The number of fused-ring (bicyclic) bond motifs is 2. The van der Waals surface area contributed by atoms with Crippen molar-refractivity contribution in [2.24, 2.45) is 0 Å². The van der Waals surface area contributed by atoms with Crippen LogP contribution < -0.4 is 140 Å². The van der Waals surface area contributed by atoms with Crippen LogP contribution >= 0.6 is 0 Å². The van der Waals surface area contributed by atoms with E-state index < -0.39 is 86.7 Å². The Labute approximate surface area is 270 Å². The van der Waals surface area contributed by atoms with Crippen molar-refractivity contribution in [3.8, 4) is 11.5 Å².